The molecule has 1 aliphatic carbocycles. The van der Waals surface area contributed by atoms with Gasteiger partial charge in [-0.2, -0.15) is 0 Å². The van der Waals surface area contributed by atoms with Gasteiger partial charge in [0.15, 0.2) is 0 Å². The van der Waals surface area contributed by atoms with Crippen molar-refractivity contribution in [3.05, 3.63) is 21.4 Å². The number of thiophene rings is 1. The summed E-state index contributed by atoms with van der Waals surface area (Å²) in [5.74, 6) is -0.938. The van der Waals surface area contributed by atoms with E-state index in [0.717, 1.165) is 17.7 Å². The summed E-state index contributed by atoms with van der Waals surface area (Å²) in [5.41, 5.74) is 1.34. The first-order chi connectivity index (χ1) is 10.1. The number of nitrogens with one attached hydrogen (secondary N) is 1. The van der Waals surface area contributed by atoms with Crippen LogP contribution < -0.4 is 5.32 Å². The zero-order valence-corrected chi connectivity index (χ0v) is 13.3. The van der Waals surface area contributed by atoms with E-state index in [-0.39, 0.29) is 18.2 Å². The maximum absolute atomic E-state index is 12.2. The van der Waals surface area contributed by atoms with Gasteiger partial charge in [-0.3, -0.25) is 9.59 Å². The minimum atomic E-state index is -0.823. The molecule has 0 aliphatic heterocycles. The minimum absolute atomic E-state index is 0.0487. The third-order valence-electron chi connectivity index (χ3n) is 3.85. The van der Waals surface area contributed by atoms with Crippen molar-refractivity contribution >= 4 is 23.2 Å². The molecule has 1 aromatic rings. The molecule has 1 atom stereocenters. The van der Waals surface area contributed by atoms with E-state index in [2.05, 4.69) is 5.32 Å². The summed E-state index contributed by atoms with van der Waals surface area (Å²) in [4.78, 5) is 24.9. The Hall–Kier alpha value is -1.36. The van der Waals surface area contributed by atoms with E-state index in [1.54, 1.807) is 11.3 Å². The fourth-order valence-electron chi connectivity index (χ4n) is 2.68. The van der Waals surface area contributed by atoms with E-state index in [0.29, 0.717) is 6.54 Å². The van der Waals surface area contributed by atoms with Crippen LogP contribution in [0.1, 0.15) is 59.1 Å². The highest BCUT2D eigenvalue weighted by atomic mass is 32.1. The van der Waals surface area contributed by atoms with Crippen molar-refractivity contribution in [2.75, 3.05) is 6.54 Å². The second-order valence-corrected chi connectivity index (χ2v) is 7.02. The molecule has 0 fully saturated rings. The van der Waals surface area contributed by atoms with Crippen molar-refractivity contribution in [2.45, 2.75) is 51.9 Å². The highest BCUT2D eigenvalue weighted by Crippen LogP contribution is 2.28. The Morgan fingerprint density at radius 2 is 2.00 bits per heavy atom. The third-order valence-corrected chi connectivity index (χ3v) is 5.09. The number of hydrogen-bond acceptors (Lipinski definition) is 3. The van der Waals surface area contributed by atoms with Crippen molar-refractivity contribution in [2.24, 2.45) is 5.92 Å². The van der Waals surface area contributed by atoms with Crippen molar-refractivity contribution in [1.82, 2.24) is 5.32 Å². The molecule has 1 aromatic heterocycles. The average molecular weight is 309 g/mol. The zero-order valence-electron chi connectivity index (χ0n) is 12.5. The van der Waals surface area contributed by atoms with Gasteiger partial charge in [-0.05, 0) is 43.2 Å². The highest BCUT2D eigenvalue weighted by molar-refractivity contribution is 7.14. The lowest BCUT2D eigenvalue weighted by Gasteiger charge is -2.09. The van der Waals surface area contributed by atoms with Gasteiger partial charge in [0, 0.05) is 17.8 Å². The van der Waals surface area contributed by atoms with Crippen molar-refractivity contribution < 1.29 is 14.7 Å². The molecule has 0 bridgehead atoms. The van der Waals surface area contributed by atoms with Crippen LogP contribution in [-0.2, 0) is 17.6 Å². The Bertz CT molecular complexity index is 484. The van der Waals surface area contributed by atoms with E-state index in [9.17, 15) is 9.59 Å². The summed E-state index contributed by atoms with van der Waals surface area (Å²) < 4.78 is 0. The Kier molecular flexibility index (Phi) is 5.79. The smallest absolute Gasteiger partial charge is 0.303 e. The quantitative estimate of drug-likeness (QED) is 0.877. The summed E-state index contributed by atoms with van der Waals surface area (Å²) in [7, 11) is 0. The van der Waals surface area contributed by atoms with Crippen LogP contribution in [0.3, 0.4) is 0 Å². The van der Waals surface area contributed by atoms with Crippen LogP contribution in [-0.4, -0.2) is 23.5 Å². The largest absolute Gasteiger partial charge is 0.481 e. The molecule has 21 heavy (non-hydrogen) atoms. The van der Waals surface area contributed by atoms with Gasteiger partial charge in [-0.15, -0.1) is 11.3 Å². The normalized spacial score (nSPS) is 16.4. The fourth-order valence-corrected chi connectivity index (χ4v) is 3.85. The summed E-state index contributed by atoms with van der Waals surface area (Å²) in [6, 6.07) is 2.03. The topological polar surface area (TPSA) is 66.4 Å². The molecule has 1 unspecified atom stereocenters. The first kappa shape index (κ1) is 16.0. The Morgan fingerprint density at radius 1 is 1.29 bits per heavy atom. The maximum atomic E-state index is 12.2. The molecular weight excluding hydrogens is 286 g/mol. The SMILES string of the molecule is CC(CNC(=O)c1cc2c(s1)CCCCCC2)CC(=O)O. The molecule has 0 saturated carbocycles. The lowest BCUT2D eigenvalue weighted by molar-refractivity contribution is -0.137. The van der Waals surface area contributed by atoms with Gasteiger partial charge >= 0.3 is 5.97 Å². The first-order valence-electron chi connectivity index (χ1n) is 7.68. The molecule has 2 rings (SSSR count). The zero-order chi connectivity index (χ0) is 15.2. The predicted molar refractivity (Wildman–Crippen MR) is 83.9 cm³/mol. The van der Waals surface area contributed by atoms with Gasteiger partial charge < -0.3 is 10.4 Å². The molecule has 4 nitrogen and oxygen atoms in total. The molecule has 1 heterocycles. The average Bonchev–Trinajstić information content (AvgIpc) is 2.78. The van der Waals surface area contributed by atoms with Gasteiger partial charge in [-0.25, -0.2) is 0 Å². The molecule has 1 aliphatic rings. The lowest BCUT2D eigenvalue weighted by atomic mass is 10.00. The number of carbonyl (C=O) groups excluding carboxylic acids is 1. The first-order valence-corrected chi connectivity index (χ1v) is 8.49. The standard InChI is InChI=1S/C16H23NO3S/c1-11(8-15(18)19)10-17-16(20)14-9-12-6-4-2-3-5-7-13(12)21-14/h9,11H,2-8,10H2,1H3,(H,17,20)(H,18,19). The summed E-state index contributed by atoms with van der Waals surface area (Å²) in [5, 5.41) is 11.6. The molecule has 0 aromatic carbocycles. The number of aliphatic carboxylic acids is 1. The molecule has 116 valence electrons. The number of carboxylic acids is 1. The van der Waals surface area contributed by atoms with E-state index < -0.39 is 5.97 Å². The van der Waals surface area contributed by atoms with Crippen LogP contribution in [0.5, 0.6) is 0 Å². The second kappa shape index (κ2) is 7.59. The van der Waals surface area contributed by atoms with Gasteiger partial charge in [0.25, 0.3) is 5.91 Å². The number of fused-ring (bicyclic) bond motifs is 1. The Morgan fingerprint density at radius 3 is 2.71 bits per heavy atom. The molecule has 2 N–H and O–H groups in total. The van der Waals surface area contributed by atoms with E-state index >= 15 is 0 Å². The third kappa shape index (κ3) is 4.84. The molecule has 0 saturated heterocycles. The van der Waals surface area contributed by atoms with Crippen LogP contribution in [0.15, 0.2) is 6.07 Å². The summed E-state index contributed by atoms with van der Waals surface area (Å²) in [6.07, 6.45) is 7.23. The lowest BCUT2D eigenvalue weighted by Crippen LogP contribution is -2.28. The Balaban J connectivity index is 1.93. The molecule has 5 heteroatoms. The van der Waals surface area contributed by atoms with E-state index in [4.69, 9.17) is 5.11 Å². The van der Waals surface area contributed by atoms with Crippen LogP contribution in [0, 0.1) is 5.92 Å². The van der Waals surface area contributed by atoms with Crippen LogP contribution in [0.4, 0.5) is 0 Å². The predicted octanol–water partition coefficient (Wildman–Crippen LogP) is 3.25. The van der Waals surface area contributed by atoms with Gasteiger partial charge in [0.05, 0.1) is 4.88 Å². The Labute approximate surface area is 129 Å². The van der Waals surface area contributed by atoms with Crippen molar-refractivity contribution in [1.29, 1.82) is 0 Å². The van der Waals surface area contributed by atoms with Crippen molar-refractivity contribution in [3.63, 3.8) is 0 Å². The molecule has 0 spiro atoms. The number of carbonyl (C=O) groups is 2. The van der Waals surface area contributed by atoms with Gasteiger partial charge in [0.2, 0.25) is 0 Å². The second-order valence-electron chi connectivity index (χ2n) is 5.89. The highest BCUT2D eigenvalue weighted by Gasteiger charge is 2.16. The number of amides is 1. The van der Waals surface area contributed by atoms with Crippen LogP contribution in [0.25, 0.3) is 0 Å². The molecular formula is C16H23NO3S. The molecule has 0 radical (unpaired) electrons. The number of aryl methyl sites for hydroxylation is 2. The van der Waals surface area contributed by atoms with E-state index in [1.807, 2.05) is 13.0 Å². The maximum Gasteiger partial charge on any atom is 0.303 e. The molecule has 1 amide bonds. The fraction of sp³-hybridized carbons (Fsp3) is 0.625. The monoisotopic (exact) mass is 309 g/mol. The van der Waals surface area contributed by atoms with Crippen LogP contribution in [0.2, 0.25) is 0 Å². The minimum Gasteiger partial charge on any atom is -0.481 e. The summed E-state index contributed by atoms with van der Waals surface area (Å²) >= 11 is 1.60. The summed E-state index contributed by atoms with van der Waals surface area (Å²) in [6.45, 7) is 2.25. The van der Waals surface area contributed by atoms with E-state index in [1.165, 1.54) is 36.1 Å². The van der Waals surface area contributed by atoms with Gasteiger partial charge in [-0.1, -0.05) is 19.8 Å². The van der Waals surface area contributed by atoms with Crippen LogP contribution >= 0.6 is 11.3 Å². The number of carboxylic acid groups (broad SMARTS) is 1. The number of hydrogen-bond donors (Lipinski definition) is 2. The van der Waals surface area contributed by atoms with Gasteiger partial charge in [0.1, 0.15) is 0 Å². The number of rotatable bonds is 5. The van der Waals surface area contributed by atoms with Crippen molar-refractivity contribution in [3.8, 4) is 0 Å².